The van der Waals surface area contributed by atoms with E-state index in [0.717, 1.165) is 12.8 Å². The van der Waals surface area contributed by atoms with Crippen molar-refractivity contribution in [2.45, 2.75) is 26.4 Å². The van der Waals surface area contributed by atoms with Gasteiger partial charge in [-0.3, -0.25) is 19.7 Å². The monoisotopic (exact) mass is 386 g/mol. The van der Waals surface area contributed by atoms with E-state index >= 15 is 0 Å². The summed E-state index contributed by atoms with van der Waals surface area (Å²) in [4.78, 5) is 34.3. The maximum Gasteiger partial charge on any atom is 0.325 e. The average molecular weight is 386 g/mol. The Morgan fingerprint density at radius 2 is 1.82 bits per heavy atom. The van der Waals surface area contributed by atoms with Gasteiger partial charge in [0.2, 0.25) is 0 Å². The first-order chi connectivity index (χ1) is 13.5. The summed E-state index contributed by atoms with van der Waals surface area (Å²) in [7, 11) is 0. The third kappa shape index (κ3) is 6.39. The van der Waals surface area contributed by atoms with Gasteiger partial charge in [-0.2, -0.15) is 0 Å². The number of hydrogen-bond donors (Lipinski definition) is 1. The SMILES string of the molecule is CCCCOc1ccc(C(=O)NCC(=O)OCc2ccccc2[N+](=O)[O-])cc1. The molecule has 0 unspecified atom stereocenters. The third-order valence-electron chi connectivity index (χ3n) is 3.85. The fourth-order valence-corrected chi connectivity index (χ4v) is 2.31. The first-order valence-electron chi connectivity index (χ1n) is 8.90. The van der Waals surface area contributed by atoms with E-state index in [1.54, 1.807) is 30.3 Å². The van der Waals surface area contributed by atoms with Crippen molar-refractivity contribution in [1.29, 1.82) is 0 Å². The van der Waals surface area contributed by atoms with Gasteiger partial charge >= 0.3 is 5.97 Å². The molecule has 0 aliphatic heterocycles. The Morgan fingerprint density at radius 3 is 2.50 bits per heavy atom. The van der Waals surface area contributed by atoms with Crippen molar-refractivity contribution in [3.8, 4) is 5.75 Å². The van der Waals surface area contributed by atoms with Crippen molar-refractivity contribution in [2.75, 3.05) is 13.2 Å². The first kappa shape index (κ1) is 20.9. The number of esters is 1. The Kier molecular flexibility index (Phi) is 7.95. The molecule has 0 bridgehead atoms. The van der Waals surface area contributed by atoms with Crippen LogP contribution in [-0.4, -0.2) is 30.0 Å². The topological polar surface area (TPSA) is 108 Å². The molecule has 1 N–H and O–H groups in total. The normalized spacial score (nSPS) is 10.2. The average Bonchev–Trinajstić information content (AvgIpc) is 2.71. The highest BCUT2D eigenvalue weighted by Gasteiger charge is 2.15. The van der Waals surface area contributed by atoms with Gasteiger partial charge in [-0.05, 0) is 36.8 Å². The third-order valence-corrected chi connectivity index (χ3v) is 3.85. The van der Waals surface area contributed by atoms with Crippen LogP contribution in [0.15, 0.2) is 48.5 Å². The van der Waals surface area contributed by atoms with Crippen LogP contribution in [0.4, 0.5) is 5.69 Å². The second kappa shape index (κ2) is 10.7. The highest BCUT2D eigenvalue weighted by Crippen LogP contribution is 2.18. The van der Waals surface area contributed by atoms with Gasteiger partial charge in [-0.25, -0.2) is 0 Å². The molecular formula is C20H22N2O6. The number of benzene rings is 2. The number of carbonyl (C=O) groups is 2. The van der Waals surface area contributed by atoms with E-state index < -0.39 is 16.8 Å². The number of unbranched alkanes of at least 4 members (excludes halogenated alkanes) is 1. The van der Waals surface area contributed by atoms with Crippen LogP contribution in [0.3, 0.4) is 0 Å². The number of nitro groups is 1. The Balaban J connectivity index is 1.79. The zero-order chi connectivity index (χ0) is 20.4. The Morgan fingerprint density at radius 1 is 1.11 bits per heavy atom. The molecule has 2 rings (SSSR count). The van der Waals surface area contributed by atoms with Crippen LogP contribution >= 0.6 is 0 Å². The van der Waals surface area contributed by atoms with Crippen LogP contribution in [0.2, 0.25) is 0 Å². The van der Waals surface area contributed by atoms with E-state index in [0.29, 0.717) is 17.9 Å². The lowest BCUT2D eigenvalue weighted by Crippen LogP contribution is -2.30. The van der Waals surface area contributed by atoms with Crippen LogP contribution in [-0.2, 0) is 16.1 Å². The molecule has 0 fully saturated rings. The predicted molar refractivity (Wildman–Crippen MR) is 102 cm³/mol. The van der Waals surface area contributed by atoms with Gasteiger partial charge in [0, 0.05) is 11.6 Å². The molecule has 0 heterocycles. The number of hydrogen-bond acceptors (Lipinski definition) is 6. The smallest absolute Gasteiger partial charge is 0.325 e. The highest BCUT2D eigenvalue weighted by atomic mass is 16.6. The molecule has 8 nitrogen and oxygen atoms in total. The maximum atomic E-state index is 12.1. The molecule has 0 atom stereocenters. The zero-order valence-corrected chi connectivity index (χ0v) is 15.6. The summed E-state index contributed by atoms with van der Waals surface area (Å²) in [6.07, 6.45) is 1.99. The first-order valence-corrected chi connectivity index (χ1v) is 8.90. The Bertz CT molecular complexity index is 820. The summed E-state index contributed by atoms with van der Waals surface area (Å²) in [6, 6.07) is 12.6. The van der Waals surface area contributed by atoms with Gasteiger partial charge < -0.3 is 14.8 Å². The van der Waals surface area contributed by atoms with E-state index in [4.69, 9.17) is 9.47 Å². The standard InChI is InChI=1S/C20H22N2O6/c1-2-3-12-27-17-10-8-15(9-11-17)20(24)21-13-19(23)28-14-16-6-4-5-7-18(16)22(25)26/h4-11H,2-3,12-14H2,1H3,(H,21,24). The molecule has 0 aliphatic rings. The van der Waals surface area contributed by atoms with E-state index in [-0.39, 0.29) is 24.4 Å². The van der Waals surface area contributed by atoms with E-state index in [1.165, 1.54) is 18.2 Å². The summed E-state index contributed by atoms with van der Waals surface area (Å²) in [5.41, 5.74) is 0.542. The quantitative estimate of drug-likeness (QED) is 0.291. The lowest BCUT2D eigenvalue weighted by Gasteiger charge is -2.08. The van der Waals surface area contributed by atoms with Crippen molar-refractivity contribution in [3.63, 3.8) is 0 Å². The summed E-state index contributed by atoms with van der Waals surface area (Å²) >= 11 is 0. The largest absolute Gasteiger partial charge is 0.494 e. The van der Waals surface area contributed by atoms with Crippen molar-refractivity contribution in [2.24, 2.45) is 0 Å². The fourth-order valence-electron chi connectivity index (χ4n) is 2.31. The van der Waals surface area contributed by atoms with Crippen LogP contribution in [0.25, 0.3) is 0 Å². The summed E-state index contributed by atoms with van der Waals surface area (Å²) in [5.74, 6) is -0.442. The van der Waals surface area contributed by atoms with Gasteiger partial charge in [-0.15, -0.1) is 0 Å². The van der Waals surface area contributed by atoms with Crippen molar-refractivity contribution in [3.05, 3.63) is 69.8 Å². The number of rotatable bonds is 10. The van der Waals surface area contributed by atoms with Crippen LogP contribution in [0, 0.1) is 10.1 Å². The minimum absolute atomic E-state index is 0.124. The van der Waals surface area contributed by atoms with Crippen LogP contribution < -0.4 is 10.1 Å². The minimum Gasteiger partial charge on any atom is -0.494 e. The number of carbonyl (C=O) groups excluding carboxylic acids is 2. The van der Waals surface area contributed by atoms with E-state index in [1.807, 2.05) is 0 Å². The minimum atomic E-state index is -0.689. The Labute approximate surface area is 162 Å². The molecule has 2 aromatic carbocycles. The van der Waals surface area contributed by atoms with Crippen LogP contribution in [0.1, 0.15) is 35.7 Å². The number of ether oxygens (including phenoxy) is 2. The molecule has 28 heavy (non-hydrogen) atoms. The number of nitro benzene ring substituents is 1. The molecule has 2 aromatic rings. The molecule has 0 saturated heterocycles. The molecule has 1 amide bonds. The lowest BCUT2D eigenvalue weighted by atomic mass is 10.2. The number of nitrogens with one attached hydrogen (secondary N) is 1. The van der Waals surface area contributed by atoms with E-state index in [2.05, 4.69) is 12.2 Å². The van der Waals surface area contributed by atoms with Gasteiger partial charge in [0.1, 0.15) is 18.9 Å². The summed E-state index contributed by atoms with van der Waals surface area (Å²) in [6.45, 7) is 2.11. The van der Waals surface area contributed by atoms with Gasteiger partial charge in [0.15, 0.2) is 0 Å². The number of amides is 1. The summed E-state index contributed by atoms with van der Waals surface area (Å²) < 4.78 is 10.5. The second-order valence-electron chi connectivity index (χ2n) is 5.96. The predicted octanol–water partition coefficient (Wildman–Crippen LogP) is 3.25. The molecule has 148 valence electrons. The molecule has 0 saturated carbocycles. The second-order valence-corrected chi connectivity index (χ2v) is 5.96. The molecule has 0 aromatic heterocycles. The molecule has 0 radical (unpaired) electrons. The lowest BCUT2D eigenvalue weighted by molar-refractivity contribution is -0.385. The number of nitrogens with zero attached hydrogens (tertiary/aromatic N) is 1. The molecular weight excluding hydrogens is 364 g/mol. The van der Waals surface area contributed by atoms with Crippen molar-refractivity contribution in [1.82, 2.24) is 5.32 Å². The Hall–Kier alpha value is -3.42. The van der Waals surface area contributed by atoms with E-state index in [9.17, 15) is 19.7 Å². The zero-order valence-electron chi connectivity index (χ0n) is 15.6. The maximum absolute atomic E-state index is 12.1. The summed E-state index contributed by atoms with van der Waals surface area (Å²) in [5, 5.41) is 13.4. The molecule has 8 heteroatoms. The fraction of sp³-hybridized carbons (Fsp3) is 0.300. The number of para-hydroxylation sites is 1. The van der Waals surface area contributed by atoms with Gasteiger partial charge in [0.25, 0.3) is 11.6 Å². The van der Waals surface area contributed by atoms with Gasteiger partial charge in [-0.1, -0.05) is 25.5 Å². The van der Waals surface area contributed by atoms with Gasteiger partial charge in [0.05, 0.1) is 17.1 Å². The van der Waals surface area contributed by atoms with Crippen molar-refractivity contribution < 1.29 is 24.0 Å². The highest BCUT2D eigenvalue weighted by molar-refractivity contribution is 5.96. The van der Waals surface area contributed by atoms with Crippen molar-refractivity contribution >= 4 is 17.6 Å². The van der Waals surface area contributed by atoms with Crippen LogP contribution in [0.5, 0.6) is 5.75 Å². The molecule has 0 aliphatic carbocycles. The molecule has 0 spiro atoms.